The third kappa shape index (κ3) is 3.60. The Kier molecular flexibility index (Phi) is 5.06. The van der Waals surface area contributed by atoms with Gasteiger partial charge in [-0.2, -0.15) is 0 Å². The maximum absolute atomic E-state index is 9.60. The van der Waals surface area contributed by atoms with E-state index in [0.29, 0.717) is 0 Å². The molecular weight excluding hydrogens is 294 g/mol. The van der Waals surface area contributed by atoms with Gasteiger partial charge >= 0.3 is 0 Å². The third-order valence-electron chi connectivity index (χ3n) is 5.39. The molecule has 0 aliphatic carbocycles. The van der Waals surface area contributed by atoms with E-state index in [4.69, 9.17) is 9.26 Å². The fourth-order valence-corrected chi connectivity index (χ4v) is 3.92. The number of nitrogens with zero attached hydrogens (tertiary/aromatic N) is 3. The highest BCUT2D eigenvalue weighted by Crippen LogP contribution is 2.34. The van der Waals surface area contributed by atoms with Crippen molar-refractivity contribution in [3.63, 3.8) is 0 Å². The van der Waals surface area contributed by atoms with Gasteiger partial charge in [-0.15, -0.1) is 0 Å². The second-order valence-electron chi connectivity index (χ2n) is 7.15. The fraction of sp³-hybridized carbons (Fsp3) is 0.824. The van der Waals surface area contributed by atoms with Crippen LogP contribution in [0.15, 0.2) is 4.52 Å². The standard InChI is InChI=1S/C17H29N3O3/c1-13(21)10-19-6-4-17(5-7-19)12-22-9-8-20(17)11-16-14(2)18-23-15(16)3/h13,21H,4-12H2,1-3H3/t13-/m0/s1. The van der Waals surface area contributed by atoms with Crippen LogP contribution in [0.25, 0.3) is 0 Å². The van der Waals surface area contributed by atoms with Crippen molar-refractivity contribution in [1.82, 2.24) is 15.0 Å². The summed E-state index contributed by atoms with van der Waals surface area (Å²) in [6.07, 6.45) is 1.91. The van der Waals surface area contributed by atoms with E-state index in [-0.39, 0.29) is 11.6 Å². The summed E-state index contributed by atoms with van der Waals surface area (Å²) in [5, 5.41) is 13.7. The summed E-state index contributed by atoms with van der Waals surface area (Å²) < 4.78 is 11.2. The van der Waals surface area contributed by atoms with Crippen LogP contribution in [0.1, 0.15) is 36.8 Å². The first-order valence-corrected chi connectivity index (χ1v) is 8.65. The van der Waals surface area contributed by atoms with E-state index < -0.39 is 0 Å². The van der Waals surface area contributed by atoms with Gasteiger partial charge in [0.2, 0.25) is 0 Å². The van der Waals surface area contributed by atoms with E-state index in [1.807, 2.05) is 20.8 Å². The average molecular weight is 323 g/mol. The van der Waals surface area contributed by atoms with Gasteiger partial charge in [-0.1, -0.05) is 5.16 Å². The zero-order valence-electron chi connectivity index (χ0n) is 14.5. The lowest BCUT2D eigenvalue weighted by Crippen LogP contribution is -2.61. The SMILES string of the molecule is Cc1noc(C)c1CN1CCOCC12CCN(C[C@H](C)O)CC2. The van der Waals surface area contributed by atoms with E-state index in [1.165, 1.54) is 5.56 Å². The van der Waals surface area contributed by atoms with Crippen LogP contribution in [0.3, 0.4) is 0 Å². The Morgan fingerprint density at radius 1 is 1.26 bits per heavy atom. The van der Waals surface area contributed by atoms with Gasteiger partial charge in [-0.05, 0) is 33.6 Å². The van der Waals surface area contributed by atoms with Crippen molar-refractivity contribution in [2.45, 2.75) is 51.8 Å². The molecule has 2 saturated heterocycles. The molecule has 3 rings (SSSR count). The number of β-amino-alcohol motifs (C(OH)–C–C–N with tert-alkyl or cyclic N) is 1. The maximum atomic E-state index is 9.60. The molecule has 1 aromatic rings. The maximum Gasteiger partial charge on any atom is 0.138 e. The van der Waals surface area contributed by atoms with Gasteiger partial charge in [-0.25, -0.2) is 0 Å². The molecule has 1 spiro atoms. The first-order chi connectivity index (χ1) is 11.0. The Hall–Kier alpha value is -0.950. The molecule has 23 heavy (non-hydrogen) atoms. The highest BCUT2D eigenvalue weighted by Gasteiger charge is 2.42. The minimum atomic E-state index is -0.259. The molecule has 2 fully saturated rings. The van der Waals surface area contributed by atoms with Gasteiger partial charge in [0.25, 0.3) is 0 Å². The molecule has 1 aromatic heterocycles. The number of aliphatic hydroxyl groups excluding tert-OH is 1. The normalized spacial score (nSPS) is 24.2. The number of aromatic nitrogens is 1. The molecule has 0 saturated carbocycles. The van der Waals surface area contributed by atoms with Gasteiger partial charge in [-0.3, -0.25) is 4.90 Å². The smallest absolute Gasteiger partial charge is 0.138 e. The van der Waals surface area contributed by atoms with E-state index >= 15 is 0 Å². The van der Waals surface area contributed by atoms with Gasteiger partial charge in [0, 0.05) is 43.8 Å². The number of aryl methyl sites for hydroxylation is 2. The molecule has 0 radical (unpaired) electrons. The summed E-state index contributed by atoms with van der Waals surface area (Å²) >= 11 is 0. The monoisotopic (exact) mass is 323 g/mol. The number of piperidine rings is 1. The number of aliphatic hydroxyl groups is 1. The molecule has 2 aliphatic heterocycles. The predicted octanol–water partition coefficient (Wildman–Crippen LogP) is 1.34. The first kappa shape index (κ1) is 16.9. The fourth-order valence-electron chi connectivity index (χ4n) is 3.92. The lowest BCUT2D eigenvalue weighted by atomic mass is 9.84. The molecule has 0 bridgehead atoms. The lowest BCUT2D eigenvalue weighted by molar-refractivity contribution is -0.101. The van der Waals surface area contributed by atoms with Crippen molar-refractivity contribution in [3.05, 3.63) is 17.0 Å². The molecule has 0 aromatic carbocycles. The Balaban J connectivity index is 1.70. The van der Waals surface area contributed by atoms with Crippen LogP contribution >= 0.6 is 0 Å². The number of hydrogen-bond donors (Lipinski definition) is 1. The summed E-state index contributed by atoms with van der Waals surface area (Å²) in [5.41, 5.74) is 2.33. The topological polar surface area (TPSA) is 62.0 Å². The van der Waals surface area contributed by atoms with Crippen molar-refractivity contribution >= 4 is 0 Å². The Bertz CT molecular complexity index is 502. The zero-order valence-corrected chi connectivity index (χ0v) is 14.5. The number of likely N-dealkylation sites (tertiary alicyclic amines) is 1. The molecule has 0 amide bonds. The zero-order chi connectivity index (χ0) is 16.4. The van der Waals surface area contributed by atoms with Crippen molar-refractivity contribution in [2.24, 2.45) is 0 Å². The molecule has 6 heteroatoms. The van der Waals surface area contributed by atoms with Gasteiger partial charge in [0.15, 0.2) is 0 Å². The van der Waals surface area contributed by atoms with E-state index in [0.717, 1.165) is 70.2 Å². The Morgan fingerprint density at radius 2 is 2.00 bits per heavy atom. The Morgan fingerprint density at radius 3 is 2.61 bits per heavy atom. The van der Waals surface area contributed by atoms with Crippen LogP contribution in [0, 0.1) is 13.8 Å². The second kappa shape index (κ2) is 6.89. The number of morpholine rings is 1. The summed E-state index contributed by atoms with van der Waals surface area (Å²) in [7, 11) is 0. The van der Waals surface area contributed by atoms with E-state index in [9.17, 15) is 5.11 Å². The highest BCUT2D eigenvalue weighted by atomic mass is 16.5. The Labute approximate surface area is 138 Å². The van der Waals surface area contributed by atoms with Gasteiger partial charge in [0.05, 0.1) is 25.0 Å². The van der Waals surface area contributed by atoms with Crippen LogP contribution in [0.4, 0.5) is 0 Å². The predicted molar refractivity (Wildman–Crippen MR) is 87.3 cm³/mol. The molecule has 6 nitrogen and oxygen atoms in total. The van der Waals surface area contributed by atoms with Crippen LogP contribution in [-0.2, 0) is 11.3 Å². The number of ether oxygens (including phenoxy) is 1. The molecule has 3 heterocycles. The molecular formula is C17H29N3O3. The molecule has 2 aliphatic rings. The van der Waals surface area contributed by atoms with Crippen molar-refractivity contribution in [3.8, 4) is 0 Å². The highest BCUT2D eigenvalue weighted by molar-refractivity contribution is 5.21. The summed E-state index contributed by atoms with van der Waals surface area (Å²) in [6, 6.07) is 0. The lowest BCUT2D eigenvalue weighted by Gasteiger charge is -2.51. The van der Waals surface area contributed by atoms with E-state index in [1.54, 1.807) is 0 Å². The minimum Gasteiger partial charge on any atom is -0.392 e. The molecule has 1 N–H and O–H groups in total. The van der Waals surface area contributed by atoms with Crippen LogP contribution in [0.2, 0.25) is 0 Å². The van der Waals surface area contributed by atoms with Crippen molar-refractivity contribution < 1.29 is 14.4 Å². The summed E-state index contributed by atoms with van der Waals surface area (Å²) in [5.74, 6) is 0.927. The number of rotatable bonds is 4. The molecule has 0 unspecified atom stereocenters. The van der Waals surface area contributed by atoms with Crippen LogP contribution < -0.4 is 0 Å². The molecule has 130 valence electrons. The third-order valence-corrected chi connectivity index (χ3v) is 5.39. The number of hydrogen-bond acceptors (Lipinski definition) is 6. The van der Waals surface area contributed by atoms with Crippen LogP contribution in [-0.4, -0.2) is 71.1 Å². The summed E-state index contributed by atoms with van der Waals surface area (Å²) in [6.45, 7) is 12.1. The first-order valence-electron chi connectivity index (χ1n) is 8.65. The largest absolute Gasteiger partial charge is 0.392 e. The van der Waals surface area contributed by atoms with Gasteiger partial charge in [0.1, 0.15) is 5.76 Å². The second-order valence-corrected chi connectivity index (χ2v) is 7.15. The minimum absolute atomic E-state index is 0.115. The van der Waals surface area contributed by atoms with Crippen LogP contribution in [0.5, 0.6) is 0 Å². The average Bonchev–Trinajstić information content (AvgIpc) is 2.83. The summed E-state index contributed by atoms with van der Waals surface area (Å²) in [4.78, 5) is 4.93. The van der Waals surface area contributed by atoms with Gasteiger partial charge < -0.3 is 19.3 Å². The quantitative estimate of drug-likeness (QED) is 0.902. The molecule has 1 atom stereocenters. The van der Waals surface area contributed by atoms with E-state index in [2.05, 4.69) is 15.0 Å². The van der Waals surface area contributed by atoms with Crippen molar-refractivity contribution in [2.75, 3.05) is 39.4 Å². The van der Waals surface area contributed by atoms with Crippen molar-refractivity contribution in [1.29, 1.82) is 0 Å².